The smallest absolute Gasteiger partial charge is 0.286 e. The lowest BCUT2D eigenvalue weighted by Crippen LogP contribution is -2.45. The molecule has 2 rings (SSSR count). The van der Waals surface area contributed by atoms with E-state index >= 15 is 0 Å². The van der Waals surface area contributed by atoms with Gasteiger partial charge in [0.2, 0.25) is 0 Å². The van der Waals surface area contributed by atoms with Crippen LogP contribution in [0.2, 0.25) is 0 Å². The average molecular weight is 313 g/mol. The van der Waals surface area contributed by atoms with Crippen LogP contribution in [-0.2, 0) is 0 Å². The Morgan fingerprint density at radius 3 is 2.09 bits per heavy atom. The number of anilines is 1. The minimum absolute atomic E-state index is 0.0215. The number of rotatable bonds is 2. The molecule has 112 valence electrons. The second kappa shape index (κ2) is 7.42. The maximum absolute atomic E-state index is 12.6. The van der Waals surface area contributed by atoms with Gasteiger partial charge in [-0.25, -0.2) is 9.69 Å². The topological polar surface area (TPSA) is 73.3 Å². The molecule has 0 atom stereocenters. The molecular formula is C16H15N3O2S. The Hall–Kier alpha value is -2.60. The zero-order chi connectivity index (χ0) is 15.9. The van der Waals surface area contributed by atoms with Crippen molar-refractivity contribution >= 4 is 34.6 Å². The van der Waals surface area contributed by atoms with Crippen LogP contribution in [0.3, 0.4) is 0 Å². The molecule has 2 N–H and O–H groups in total. The van der Waals surface area contributed by atoms with E-state index in [0.29, 0.717) is 11.3 Å². The van der Waals surface area contributed by atoms with Gasteiger partial charge in [-0.15, -0.1) is 0 Å². The molecule has 0 aromatic heterocycles. The molecule has 0 fully saturated rings. The summed E-state index contributed by atoms with van der Waals surface area (Å²) in [5, 5.41) is 9.93. The number of imide groups is 1. The molecule has 2 aromatic carbocycles. The zero-order valence-electron chi connectivity index (χ0n) is 11.9. The van der Waals surface area contributed by atoms with Crippen LogP contribution in [0.15, 0.2) is 60.7 Å². The van der Waals surface area contributed by atoms with E-state index < -0.39 is 11.9 Å². The monoisotopic (exact) mass is 313 g/mol. The summed E-state index contributed by atoms with van der Waals surface area (Å²) in [4.78, 5) is 26.0. The zero-order valence-corrected chi connectivity index (χ0v) is 12.8. The van der Waals surface area contributed by atoms with E-state index in [0.717, 1.165) is 16.7 Å². The number of nitrogens with one attached hydrogen (secondary N) is 2. The van der Waals surface area contributed by atoms with E-state index in [1.807, 2.05) is 0 Å². The van der Waals surface area contributed by atoms with Gasteiger partial charge in [0.25, 0.3) is 5.91 Å². The fraction of sp³-hybridized carbons (Fsp3) is 0.0625. The van der Waals surface area contributed by atoms with E-state index in [9.17, 15) is 9.59 Å². The number of carbonyl (C=O) groups excluding carboxylic acids is 2. The van der Waals surface area contributed by atoms with Gasteiger partial charge in [0.15, 0.2) is 5.17 Å². The number of nitrogens with zero attached hydrogens (tertiary/aromatic N) is 1. The number of amidine groups is 1. The molecule has 5 nitrogen and oxygen atoms in total. The number of carbonyl (C=O) groups is 2. The minimum Gasteiger partial charge on any atom is -0.286 e. The summed E-state index contributed by atoms with van der Waals surface area (Å²) < 4.78 is 0. The van der Waals surface area contributed by atoms with Gasteiger partial charge in [-0.1, -0.05) is 48.2 Å². The summed E-state index contributed by atoms with van der Waals surface area (Å²) in [5.74, 6) is -0.446. The third-order valence-electron chi connectivity index (χ3n) is 2.87. The number of amides is 3. The standard InChI is InChI=1S/C16H15N3O2S/c1-22-15(17)18-16(21)19(13-10-6-3-7-11-13)14(20)12-8-4-2-5-9-12/h2-11H,1H3,(H2,17,18,21). The van der Waals surface area contributed by atoms with Gasteiger partial charge < -0.3 is 0 Å². The van der Waals surface area contributed by atoms with Crippen LogP contribution >= 0.6 is 11.8 Å². The van der Waals surface area contributed by atoms with Gasteiger partial charge in [-0.3, -0.25) is 15.5 Å². The van der Waals surface area contributed by atoms with Gasteiger partial charge in [0.1, 0.15) is 0 Å². The van der Waals surface area contributed by atoms with Gasteiger partial charge in [-0.2, -0.15) is 0 Å². The second-order valence-corrected chi connectivity index (χ2v) is 5.12. The first kappa shape index (κ1) is 15.8. The molecule has 0 spiro atoms. The highest BCUT2D eigenvalue weighted by atomic mass is 32.2. The van der Waals surface area contributed by atoms with E-state index in [-0.39, 0.29) is 5.17 Å². The lowest BCUT2D eigenvalue weighted by molar-refractivity contribution is 0.0994. The molecule has 0 unspecified atom stereocenters. The van der Waals surface area contributed by atoms with Gasteiger partial charge >= 0.3 is 6.03 Å². The summed E-state index contributed by atoms with van der Waals surface area (Å²) in [6.45, 7) is 0. The first-order valence-corrected chi connectivity index (χ1v) is 7.74. The molecule has 0 saturated heterocycles. The van der Waals surface area contributed by atoms with Crippen LogP contribution in [0.4, 0.5) is 10.5 Å². The third-order valence-corrected chi connectivity index (χ3v) is 3.38. The Balaban J connectivity index is 2.36. The highest BCUT2D eigenvalue weighted by Gasteiger charge is 2.25. The Labute approximate surface area is 132 Å². The fourth-order valence-electron chi connectivity index (χ4n) is 1.82. The number of hydrogen-bond donors (Lipinski definition) is 2. The van der Waals surface area contributed by atoms with Crippen LogP contribution in [0.25, 0.3) is 0 Å². The molecule has 0 saturated carbocycles. The second-order valence-electron chi connectivity index (χ2n) is 4.31. The molecule has 0 heterocycles. The van der Waals surface area contributed by atoms with Crippen molar-refractivity contribution in [3.8, 4) is 0 Å². The summed E-state index contributed by atoms with van der Waals surface area (Å²) in [5.41, 5.74) is 0.847. The molecule has 0 aliphatic rings. The summed E-state index contributed by atoms with van der Waals surface area (Å²) in [6.07, 6.45) is 1.68. The Bertz CT molecular complexity index is 674. The van der Waals surface area contributed by atoms with Crippen LogP contribution < -0.4 is 10.2 Å². The summed E-state index contributed by atoms with van der Waals surface area (Å²) in [7, 11) is 0. The summed E-state index contributed by atoms with van der Waals surface area (Å²) >= 11 is 1.09. The number of thioether (sulfide) groups is 1. The van der Waals surface area contributed by atoms with Crippen LogP contribution in [0.5, 0.6) is 0 Å². The highest BCUT2D eigenvalue weighted by molar-refractivity contribution is 8.13. The molecule has 0 aliphatic carbocycles. The highest BCUT2D eigenvalue weighted by Crippen LogP contribution is 2.17. The first-order valence-electron chi connectivity index (χ1n) is 6.51. The van der Waals surface area contributed by atoms with Crippen LogP contribution in [0.1, 0.15) is 10.4 Å². The predicted octanol–water partition coefficient (Wildman–Crippen LogP) is 3.34. The van der Waals surface area contributed by atoms with Crippen molar-refractivity contribution in [3.63, 3.8) is 0 Å². The van der Waals surface area contributed by atoms with Gasteiger partial charge in [-0.05, 0) is 30.5 Å². The maximum atomic E-state index is 12.6. The van der Waals surface area contributed by atoms with Crippen LogP contribution in [0, 0.1) is 5.41 Å². The molecule has 22 heavy (non-hydrogen) atoms. The van der Waals surface area contributed by atoms with Crippen molar-refractivity contribution in [1.29, 1.82) is 5.41 Å². The molecule has 0 aliphatic heterocycles. The maximum Gasteiger partial charge on any atom is 0.335 e. The average Bonchev–Trinajstić information content (AvgIpc) is 2.56. The molecule has 6 heteroatoms. The number of benzene rings is 2. The molecule has 3 amide bonds. The van der Waals surface area contributed by atoms with Crippen molar-refractivity contribution in [2.24, 2.45) is 0 Å². The molecule has 0 bridgehead atoms. The van der Waals surface area contributed by atoms with Crippen molar-refractivity contribution < 1.29 is 9.59 Å². The molecular weight excluding hydrogens is 298 g/mol. The largest absolute Gasteiger partial charge is 0.335 e. The van der Waals surface area contributed by atoms with E-state index in [1.165, 1.54) is 0 Å². The molecule has 2 aromatic rings. The van der Waals surface area contributed by atoms with Gasteiger partial charge in [0.05, 0.1) is 5.69 Å². The van der Waals surface area contributed by atoms with E-state index in [4.69, 9.17) is 5.41 Å². The minimum atomic E-state index is -0.653. The van der Waals surface area contributed by atoms with Crippen molar-refractivity contribution in [2.45, 2.75) is 0 Å². The SMILES string of the molecule is CSC(=N)NC(=O)N(C(=O)c1ccccc1)c1ccccc1. The van der Waals surface area contributed by atoms with Crippen LogP contribution in [-0.4, -0.2) is 23.4 Å². The Kier molecular flexibility index (Phi) is 5.32. The number of hydrogen-bond acceptors (Lipinski definition) is 4. The van der Waals surface area contributed by atoms with E-state index in [1.54, 1.807) is 66.9 Å². The van der Waals surface area contributed by atoms with Crippen molar-refractivity contribution in [1.82, 2.24) is 5.32 Å². The number of para-hydroxylation sites is 1. The molecule has 0 radical (unpaired) electrons. The van der Waals surface area contributed by atoms with E-state index in [2.05, 4.69) is 5.32 Å². The summed E-state index contributed by atoms with van der Waals surface area (Å²) in [6, 6.07) is 16.5. The van der Waals surface area contributed by atoms with Gasteiger partial charge in [0, 0.05) is 5.56 Å². The van der Waals surface area contributed by atoms with Crippen molar-refractivity contribution in [2.75, 3.05) is 11.2 Å². The third kappa shape index (κ3) is 3.73. The lowest BCUT2D eigenvalue weighted by atomic mass is 10.2. The normalized spacial score (nSPS) is 9.86. The predicted molar refractivity (Wildman–Crippen MR) is 89.5 cm³/mol. The lowest BCUT2D eigenvalue weighted by Gasteiger charge is -2.21. The first-order chi connectivity index (χ1) is 10.6. The van der Waals surface area contributed by atoms with Crippen molar-refractivity contribution in [3.05, 3.63) is 66.2 Å². The number of urea groups is 1. The Morgan fingerprint density at radius 2 is 1.55 bits per heavy atom. The quantitative estimate of drug-likeness (QED) is 0.659. The fourth-order valence-corrected chi connectivity index (χ4v) is 2.01. The Morgan fingerprint density at radius 1 is 1.00 bits per heavy atom.